The zero-order valence-corrected chi connectivity index (χ0v) is 19.0. The fourth-order valence-corrected chi connectivity index (χ4v) is 4.00. The summed E-state index contributed by atoms with van der Waals surface area (Å²) >= 11 is 0. The Hall–Kier alpha value is -2.97. The summed E-state index contributed by atoms with van der Waals surface area (Å²) in [5.74, 6) is -0.250. The van der Waals surface area contributed by atoms with Crippen molar-refractivity contribution in [3.63, 3.8) is 0 Å². The van der Waals surface area contributed by atoms with E-state index >= 15 is 0 Å². The van der Waals surface area contributed by atoms with Gasteiger partial charge in [0.05, 0.1) is 34.9 Å². The highest BCUT2D eigenvalue weighted by atomic mass is 16.5. The van der Waals surface area contributed by atoms with Crippen molar-refractivity contribution in [3.8, 4) is 0 Å². The Labute approximate surface area is 182 Å². The average molecular weight is 432 g/mol. The maximum atomic E-state index is 12.5. The summed E-state index contributed by atoms with van der Waals surface area (Å²) in [5.41, 5.74) is 2.90. The molecule has 31 heavy (non-hydrogen) atoms. The van der Waals surface area contributed by atoms with Crippen LogP contribution in [0.3, 0.4) is 0 Å². The second-order valence-corrected chi connectivity index (χ2v) is 8.18. The summed E-state index contributed by atoms with van der Waals surface area (Å²) in [6.07, 6.45) is 2.19. The molecule has 1 saturated heterocycles. The van der Waals surface area contributed by atoms with Gasteiger partial charge in [-0.15, -0.1) is 0 Å². The lowest BCUT2D eigenvalue weighted by Crippen LogP contribution is -2.38. The number of nitrogens with one attached hydrogen (secondary N) is 2. The highest BCUT2D eigenvalue weighted by Gasteiger charge is 2.28. The standard InChI is InChI=1S/C22H33N5O4/c1-6-14(3)23-21(29)24-16-12-18-19(26(5)22(30)25(18)4)13-17(16)27-10-8-15(9-11-27)20(28)31-7-2/h12-15H,6-11H2,1-5H3,(H2,23,24,29). The van der Waals surface area contributed by atoms with Crippen LogP contribution in [0.1, 0.15) is 40.0 Å². The van der Waals surface area contributed by atoms with E-state index in [2.05, 4.69) is 15.5 Å². The lowest BCUT2D eigenvalue weighted by Gasteiger charge is -2.34. The molecule has 0 radical (unpaired) electrons. The lowest BCUT2D eigenvalue weighted by molar-refractivity contribution is -0.148. The van der Waals surface area contributed by atoms with E-state index in [-0.39, 0.29) is 29.6 Å². The van der Waals surface area contributed by atoms with Gasteiger partial charge in [-0.3, -0.25) is 13.9 Å². The first-order valence-electron chi connectivity index (χ1n) is 10.9. The Balaban J connectivity index is 1.93. The number of hydrogen-bond acceptors (Lipinski definition) is 5. The van der Waals surface area contributed by atoms with Gasteiger partial charge in [0.15, 0.2) is 0 Å². The van der Waals surface area contributed by atoms with Gasteiger partial charge in [0.2, 0.25) is 0 Å². The van der Waals surface area contributed by atoms with Crippen LogP contribution in [-0.2, 0) is 23.6 Å². The van der Waals surface area contributed by atoms with Crippen molar-refractivity contribution in [2.45, 2.75) is 46.1 Å². The molecule has 0 aliphatic carbocycles. The van der Waals surface area contributed by atoms with Gasteiger partial charge < -0.3 is 20.3 Å². The Kier molecular flexibility index (Phi) is 6.92. The molecule has 9 nitrogen and oxygen atoms in total. The molecule has 9 heteroatoms. The monoisotopic (exact) mass is 431 g/mol. The molecule has 1 aromatic carbocycles. The molecule has 1 atom stereocenters. The minimum absolute atomic E-state index is 0.0496. The van der Waals surface area contributed by atoms with E-state index in [0.29, 0.717) is 38.2 Å². The van der Waals surface area contributed by atoms with Crippen molar-refractivity contribution >= 4 is 34.4 Å². The normalized spacial score (nSPS) is 15.7. The van der Waals surface area contributed by atoms with Crippen LogP contribution in [0.4, 0.5) is 16.2 Å². The molecule has 1 fully saturated rings. The predicted molar refractivity (Wildman–Crippen MR) is 122 cm³/mol. The fraction of sp³-hybridized carbons (Fsp3) is 0.591. The number of esters is 1. The number of aromatic nitrogens is 2. The van der Waals surface area contributed by atoms with Crippen molar-refractivity contribution in [1.82, 2.24) is 14.5 Å². The Morgan fingerprint density at radius 2 is 1.74 bits per heavy atom. The molecule has 2 aromatic rings. The first kappa shape index (κ1) is 22.7. The molecule has 1 aliphatic rings. The number of imidazole rings is 1. The van der Waals surface area contributed by atoms with Gasteiger partial charge in [-0.1, -0.05) is 6.92 Å². The van der Waals surface area contributed by atoms with Crippen LogP contribution in [0.15, 0.2) is 16.9 Å². The third-order valence-corrected chi connectivity index (χ3v) is 6.08. The zero-order chi connectivity index (χ0) is 22.7. The van der Waals surface area contributed by atoms with Crippen LogP contribution in [0.25, 0.3) is 11.0 Å². The summed E-state index contributed by atoms with van der Waals surface area (Å²) in [7, 11) is 3.46. The molecule has 1 aromatic heterocycles. The number of ether oxygens (including phenoxy) is 1. The average Bonchev–Trinajstić information content (AvgIpc) is 2.97. The molecule has 1 unspecified atom stereocenters. The van der Waals surface area contributed by atoms with Gasteiger partial charge in [0.25, 0.3) is 0 Å². The number of urea groups is 1. The van der Waals surface area contributed by atoms with E-state index in [9.17, 15) is 14.4 Å². The number of carbonyl (C=O) groups is 2. The molecule has 0 saturated carbocycles. The molecule has 1 aliphatic heterocycles. The molecular formula is C22H33N5O4. The van der Waals surface area contributed by atoms with E-state index in [0.717, 1.165) is 23.1 Å². The summed E-state index contributed by atoms with van der Waals surface area (Å²) in [6.45, 7) is 7.49. The van der Waals surface area contributed by atoms with Crippen molar-refractivity contribution in [1.29, 1.82) is 0 Å². The van der Waals surface area contributed by atoms with Crippen molar-refractivity contribution in [2.24, 2.45) is 20.0 Å². The van der Waals surface area contributed by atoms with E-state index in [1.165, 1.54) is 0 Å². The Bertz CT molecular complexity index is 1020. The SMILES string of the molecule is CCOC(=O)C1CCN(c2cc3c(cc2NC(=O)NC(C)CC)n(C)c(=O)n3C)CC1. The number of benzene rings is 1. The topological polar surface area (TPSA) is 97.6 Å². The number of nitrogens with zero attached hydrogens (tertiary/aromatic N) is 3. The smallest absolute Gasteiger partial charge is 0.328 e. The number of carbonyl (C=O) groups excluding carboxylic acids is 2. The lowest BCUT2D eigenvalue weighted by atomic mass is 9.96. The van der Waals surface area contributed by atoms with Gasteiger partial charge in [-0.2, -0.15) is 0 Å². The number of fused-ring (bicyclic) bond motifs is 1. The van der Waals surface area contributed by atoms with E-state index in [1.807, 2.05) is 32.9 Å². The van der Waals surface area contributed by atoms with Gasteiger partial charge in [-0.25, -0.2) is 9.59 Å². The number of piperidine rings is 1. The second kappa shape index (κ2) is 9.45. The number of amides is 2. The number of anilines is 2. The Morgan fingerprint density at radius 1 is 1.13 bits per heavy atom. The van der Waals surface area contributed by atoms with Gasteiger partial charge in [0.1, 0.15) is 0 Å². The first-order valence-corrected chi connectivity index (χ1v) is 10.9. The maximum Gasteiger partial charge on any atom is 0.328 e. The van der Waals surface area contributed by atoms with Crippen LogP contribution in [0.2, 0.25) is 0 Å². The number of aryl methyl sites for hydroxylation is 2. The van der Waals surface area contributed by atoms with Crippen molar-refractivity contribution < 1.29 is 14.3 Å². The van der Waals surface area contributed by atoms with E-state index in [4.69, 9.17) is 4.74 Å². The highest BCUT2D eigenvalue weighted by Crippen LogP contribution is 2.34. The maximum absolute atomic E-state index is 12.5. The fourth-order valence-electron chi connectivity index (χ4n) is 4.00. The summed E-state index contributed by atoms with van der Waals surface area (Å²) in [5, 5.41) is 5.89. The minimum Gasteiger partial charge on any atom is -0.466 e. The van der Waals surface area contributed by atoms with Crippen LogP contribution < -0.4 is 21.2 Å². The molecule has 0 spiro atoms. The largest absolute Gasteiger partial charge is 0.466 e. The second-order valence-electron chi connectivity index (χ2n) is 8.18. The third kappa shape index (κ3) is 4.70. The van der Waals surface area contributed by atoms with Crippen LogP contribution in [0.5, 0.6) is 0 Å². The predicted octanol–water partition coefficient (Wildman–Crippen LogP) is 2.58. The van der Waals surface area contributed by atoms with Crippen LogP contribution in [0, 0.1) is 5.92 Å². The highest BCUT2D eigenvalue weighted by molar-refractivity contribution is 5.98. The van der Waals surface area contributed by atoms with Gasteiger partial charge >= 0.3 is 17.7 Å². The first-order chi connectivity index (χ1) is 14.8. The third-order valence-electron chi connectivity index (χ3n) is 6.08. The summed E-state index contributed by atoms with van der Waals surface area (Å²) in [4.78, 5) is 39.2. The summed E-state index contributed by atoms with van der Waals surface area (Å²) in [6, 6.07) is 3.56. The molecule has 2 heterocycles. The molecule has 2 N–H and O–H groups in total. The van der Waals surface area contributed by atoms with E-state index in [1.54, 1.807) is 23.2 Å². The zero-order valence-electron chi connectivity index (χ0n) is 19.0. The number of hydrogen-bond donors (Lipinski definition) is 2. The molecular weight excluding hydrogens is 398 g/mol. The number of rotatable bonds is 6. The summed E-state index contributed by atoms with van der Waals surface area (Å²) < 4.78 is 8.35. The van der Waals surface area contributed by atoms with Crippen LogP contribution >= 0.6 is 0 Å². The van der Waals surface area contributed by atoms with E-state index < -0.39 is 0 Å². The molecule has 3 rings (SSSR count). The Morgan fingerprint density at radius 3 is 2.32 bits per heavy atom. The van der Waals surface area contributed by atoms with Crippen molar-refractivity contribution in [2.75, 3.05) is 29.9 Å². The molecule has 0 bridgehead atoms. The van der Waals surface area contributed by atoms with Crippen LogP contribution in [-0.4, -0.2) is 46.9 Å². The minimum atomic E-state index is -0.280. The molecule has 2 amide bonds. The van der Waals surface area contributed by atoms with Gasteiger partial charge in [0, 0.05) is 33.2 Å². The quantitative estimate of drug-likeness (QED) is 0.685. The molecule has 170 valence electrons. The van der Waals surface area contributed by atoms with Gasteiger partial charge in [-0.05, 0) is 45.2 Å². The van der Waals surface area contributed by atoms with Crippen molar-refractivity contribution in [3.05, 3.63) is 22.6 Å².